The Bertz CT molecular complexity index is 2280. The second-order valence-electron chi connectivity index (χ2n) is 25.7. The number of hydrogen-bond donors (Lipinski definition) is 12. The molecular weight excluding hydrogens is 1240 g/mol. The van der Waals surface area contributed by atoms with Crippen molar-refractivity contribution in [3.63, 3.8) is 0 Å². The van der Waals surface area contributed by atoms with Gasteiger partial charge in [-0.1, -0.05) is 244 Å². The lowest BCUT2D eigenvalue weighted by Gasteiger charge is -2.48. The molecule has 3 aliphatic heterocycles. The Morgan fingerprint density at radius 2 is 0.722 bits per heavy atom. The number of amides is 1. The molecule has 19 nitrogen and oxygen atoms in total. The van der Waals surface area contributed by atoms with Crippen LogP contribution in [0.3, 0.4) is 0 Å². The summed E-state index contributed by atoms with van der Waals surface area (Å²) in [6.07, 6.45) is 54.2. The smallest absolute Gasteiger partial charge is 0.220 e. The van der Waals surface area contributed by atoms with Crippen molar-refractivity contribution in [2.75, 3.05) is 26.4 Å². The first-order valence-corrected chi connectivity index (χ1v) is 36.9. The fraction of sp³-hybridized carbons (Fsp3) is 0.705. The molecule has 3 aliphatic rings. The number of carbonyl (C=O) groups is 1. The van der Waals surface area contributed by atoms with Crippen LogP contribution in [0.1, 0.15) is 219 Å². The molecule has 0 bridgehead atoms. The van der Waals surface area contributed by atoms with Crippen LogP contribution in [0.15, 0.2) is 134 Å². The van der Waals surface area contributed by atoms with Gasteiger partial charge in [0, 0.05) is 6.42 Å². The van der Waals surface area contributed by atoms with E-state index in [1.807, 2.05) is 6.08 Å². The quantitative estimate of drug-likeness (QED) is 0.0199. The predicted molar refractivity (Wildman–Crippen MR) is 383 cm³/mol. The van der Waals surface area contributed by atoms with E-state index in [0.717, 1.165) is 96.3 Å². The molecule has 3 rings (SSSR count). The zero-order valence-electron chi connectivity index (χ0n) is 58.7. The van der Waals surface area contributed by atoms with Crippen LogP contribution in [-0.2, 0) is 33.2 Å². The van der Waals surface area contributed by atoms with Crippen LogP contribution >= 0.6 is 0 Å². The number of rotatable bonds is 55. The van der Waals surface area contributed by atoms with Crippen molar-refractivity contribution in [3.05, 3.63) is 134 Å². The third-order valence-corrected chi connectivity index (χ3v) is 17.4. The molecule has 3 saturated heterocycles. The molecule has 1 amide bonds. The predicted octanol–water partition coefficient (Wildman–Crippen LogP) is 10.9. The second-order valence-corrected chi connectivity index (χ2v) is 25.7. The molecule has 0 aromatic rings. The normalized spacial score (nSPS) is 27.7. The molecule has 3 heterocycles. The average Bonchev–Trinajstić information content (AvgIpc) is 0.798. The van der Waals surface area contributed by atoms with Gasteiger partial charge in [0.05, 0.1) is 38.6 Å². The summed E-state index contributed by atoms with van der Waals surface area (Å²) in [5, 5.41) is 121. The van der Waals surface area contributed by atoms with Crippen molar-refractivity contribution in [1.29, 1.82) is 0 Å². The van der Waals surface area contributed by atoms with Crippen LogP contribution < -0.4 is 5.32 Å². The molecule has 0 radical (unpaired) electrons. The first-order valence-electron chi connectivity index (χ1n) is 36.9. The molecule has 0 aromatic carbocycles. The van der Waals surface area contributed by atoms with Crippen molar-refractivity contribution < 1.29 is 89.4 Å². The second kappa shape index (κ2) is 57.5. The Morgan fingerprint density at radius 1 is 0.381 bits per heavy atom. The molecule has 19 heteroatoms. The van der Waals surface area contributed by atoms with Gasteiger partial charge in [-0.05, 0) is 103 Å². The van der Waals surface area contributed by atoms with E-state index in [9.17, 15) is 61.0 Å². The molecule has 0 aliphatic carbocycles. The summed E-state index contributed by atoms with van der Waals surface area (Å²) < 4.78 is 34.3. The highest BCUT2D eigenvalue weighted by Crippen LogP contribution is 2.33. The number of hydrogen-bond acceptors (Lipinski definition) is 18. The van der Waals surface area contributed by atoms with Gasteiger partial charge in [0.15, 0.2) is 18.9 Å². The molecule has 3 fully saturated rings. The van der Waals surface area contributed by atoms with E-state index in [0.29, 0.717) is 12.8 Å². The molecule has 0 spiro atoms. The Hall–Kier alpha value is -4.07. The highest BCUT2D eigenvalue weighted by molar-refractivity contribution is 5.76. The number of allylic oxidation sites excluding steroid dienone is 21. The number of ether oxygens (including phenoxy) is 6. The fourth-order valence-electron chi connectivity index (χ4n) is 11.5. The number of nitrogens with one attached hydrogen (secondary N) is 1. The summed E-state index contributed by atoms with van der Waals surface area (Å²) in [7, 11) is 0. The van der Waals surface area contributed by atoms with Crippen molar-refractivity contribution >= 4 is 5.91 Å². The Morgan fingerprint density at radius 3 is 1.15 bits per heavy atom. The molecule has 17 unspecified atom stereocenters. The maximum absolute atomic E-state index is 13.4. The van der Waals surface area contributed by atoms with E-state index in [1.165, 1.54) is 89.9 Å². The van der Waals surface area contributed by atoms with E-state index in [-0.39, 0.29) is 18.9 Å². The third-order valence-electron chi connectivity index (χ3n) is 17.4. The largest absolute Gasteiger partial charge is 0.394 e. The van der Waals surface area contributed by atoms with Gasteiger partial charge in [0.1, 0.15) is 73.2 Å². The number of carbonyl (C=O) groups excluding carboxylic acids is 1. The minimum absolute atomic E-state index is 0.186. The molecular formula is C78H129NO18. The topological polar surface area (TPSA) is 307 Å². The van der Waals surface area contributed by atoms with Crippen LogP contribution in [0.4, 0.5) is 0 Å². The van der Waals surface area contributed by atoms with Crippen molar-refractivity contribution in [2.24, 2.45) is 0 Å². The summed E-state index contributed by atoms with van der Waals surface area (Å²) in [5.41, 5.74) is 0. The monoisotopic (exact) mass is 1370 g/mol. The SMILES string of the molecule is CC/C=C\C/C=C\C/C=C\C/C=C\C/C=C\C/C=C\C/C=C\C/C=C\C/C=C\CCCCCC(=O)NC(COC1OC(CO)C(OC2OC(CO)C(OC3OC(CO)C(O)C(O)C3O)C(O)C2O)C(O)C1O)C(O)/C=C/CC/C=C/CCCCCCCCCCCCCCCCC. The summed E-state index contributed by atoms with van der Waals surface area (Å²) in [5.74, 6) is -0.322. The maximum Gasteiger partial charge on any atom is 0.220 e. The zero-order chi connectivity index (χ0) is 70.4. The van der Waals surface area contributed by atoms with Gasteiger partial charge in [-0.3, -0.25) is 4.79 Å². The van der Waals surface area contributed by atoms with Gasteiger partial charge >= 0.3 is 0 Å². The molecule has 17 atom stereocenters. The van der Waals surface area contributed by atoms with Gasteiger partial charge < -0.3 is 89.9 Å². The number of unbranched alkanes of at least 4 members (excludes halogenated alkanes) is 19. The van der Waals surface area contributed by atoms with E-state index < -0.39 is 124 Å². The summed E-state index contributed by atoms with van der Waals surface area (Å²) >= 11 is 0. The summed E-state index contributed by atoms with van der Waals surface area (Å²) in [4.78, 5) is 13.4. The lowest BCUT2D eigenvalue weighted by molar-refractivity contribution is -0.379. The van der Waals surface area contributed by atoms with E-state index in [2.05, 4.69) is 141 Å². The van der Waals surface area contributed by atoms with Gasteiger partial charge in [0.2, 0.25) is 5.91 Å². The standard InChI is InChI=1S/C78H129NO18/c1-3-5-7-9-11-13-15-17-19-21-23-25-26-27-28-29-30-31-32-33-34-36-38-40-42-44-46-48-50-52-54-56-66(84)79-61(62(83)55-53-51-49-47-45-43-41-39-37-35-24-22-20-18-16-14-12-10-8-6-4-2)60-92-76-72(90)69(87)74(64(58-81)94-76)97-78-73(91)70(88)75(65(59-82)95-78)96-77-71(89)68(86)67(85)63(57-80)93-77/h5,7,11,13,17,19,23,25,27-28,30-31,33-34,38,40,44-47,53,55,61-65,67-78,80-83,85-91H,3-4,6,8-10,12,14-16,18,20-22,24,26,29,32,35-37,39,41-43,48-52,54,56-60H2,1-2H3,(H,79,84)/b7-5-,13-11-,19-17-,25-23-,28-27-,31-30-,34-33-,40-38-,46-44-,47-45+,55-53+. The highest BCUT2D eigenvalue weighted by Gasteiger charge is 2.53. The van der Waals surface area contributed by atoms with E-state index >= 15 is 0 Å². The number of aliphatic hydroxyl groups excluding tert-OH is 11. The minimum atomic E-state index is -1.99. The van der Waals surface area contributed by atoms with Crippen molar-refractivity contribution in [1.82, 2.24) is 5.32 Å². The van der Waals surface area contributed by atoms with Gasteiger partial charge in [-0.25, -0.2) is 0 Å². The van der Waals surface area contributed by atoms with Crippen LogP contribution in [0, 0.1) is 0 Å². The summed E-state index contributed by atoms with van der Waals surface area (Å²) in [6.45, 7) is 1.57. The van der Waals surface area contributed by atoms with Crippen molar-refractivity contribution in [2.45, 2.75) is 324 Å². The van der Waals surface area contributed by atoms with Gasteiger partial charge in [-0.15, -0.1) is 0 Å². The van der Waals surface area contributed by atoms with Crippen molar-refractivity contribution in [3.8, 4) is 0 Å². The van der Waals surface area contributed by atoms with Crippen LogP contribution in [-0.4, -0.2) is 193 Å². The lowest BCUT2D eigenvalue weighted by Crippen LogP contribution is -2.66. The number of aliphatic hydroxyl groups is 11. The van der Waals surface area contributed by atoms with Gasteiger partial charge in [0.25, 0.3) is 0 Å². The Balaban J connectivity index is 1.44. The molecule has 0 saturated carbocycles. The van der Waals surface area contributed by atoms with E-state index in [4.69, 9.17) is 28.4 Å². The fourth-order valence-corrected chi connectivity index (χ4v) is 11.5. The van der Waals surface area contributed by atoms with Crippen LogP contribution in [0.25, 0.3) is 0 Å². The summed E-state index contributed by atoms with van der Waals surface area (Å²) in [6, 6.07) is -1.02. The Labute approximate surface area is 581 Å². The zero-order valence-corrected chi connectivity index (χ0v) is 58.7. The first kappa shape index (κ1) is 87.1. The average molecular weight is 1370 g/mol. The lowest BCUT2D eigenvalue weighted by atomic mass is 9.96. The Kier molecular flexibility index (Phi) is 51.7. The highest BCUT2D eigenvalue weighted by atomic mass is 16.8. The first-order chi connectivity index (χ1) is 47.3. The molecule has 97 heavy (non-hydrogen) atoms. The third kappa shape index (κ3) is 38.5. The van der Waals surface area contributed by atoms with Crippen LogP contribution in [0.5, 0.6) is 0 Å². The minimum Gasteiger partial charge on any atom is -0.394 e. The maximum atomic E-state index is 13.4. The molecule has 12 N–H and O–H groups in total. The van der Waals surface area contributed by atoms with Gasteiger partial charge in [-0.2, -0.15) is 0 Å². The molecule has 554 valence electrons. The van der Waals surface area contributed by atoms with E-state index in [1.54, 1.807) is 6.08 Å². The molecule has 0 aromatic heterocycles. The van der Waals surface area contributed by atoms with Crippen LogP contribution in [0.2, 0.25) is 0 Å².